The lowest BCUT2D eigenvalue weighted by molar-refractivity contribution is 0.0631. The fraction of sp³-hybridized carbons (Fsp3) is 0.609. The zero-order valence-corrected chi connectivity index (χ0v) is 20.5. The third-order valence-corrected chi connectivity index (χ3v) is 6.42. The SMILES string of the molecule is CCN(CC)c1cc(C(C)(C)C)nc(SCc2ccc(C(=O)N3CCN(C)CC3)o2)n1. The summed E-state index contributed by atoms with van der Waals surface area (Å²) in [7, 11) is 2.08. The van der Waals surface area contributed by atoms with E-state index < -0.39 is 0 Å². The van der Waals surface area contributed by atoms with E-state index in [2.05, 4.69) is 57.5 Å². The van der Waals surface area contributed by atoms with Crippen LogP contribution in [0.4, 0.5) is 5.82 Å². The molecule has 1 saturated heterocycles. The Morgan fingerprint density at radius 2 is 1.81 bits per heavy atom. The molecule has 7 nitrogen and oxygen atoms in total. The van der Waals surface area contributed by atoms with E-state index >= 15 is 0 Å². The molecule has 0 spiro atoms. The second kappa shape index (κ2) is 10.0. The average Bonchev–Trinajstić information content (AvgIpc) is 3.21. The second-order valence-electron chi connectivity index (χ2n) is 8.97. The standard InChI is InChI=1S/C23H35N5O2S/c1-7-27(8-2)20-15-19(23(3,4)5)24-22(25-20)31-16-17-9-10-18(30-17)21(29)28-13-11-26(6)12-14-28/h9-10,15H,7-8,11-14,16H2,1-6H3. The van der Waals surface area contributed by atoms with Crippen LogP contribution in [0.5, 0.6) is 0 Å². The Morgan fingerprint density at radius 1 is 1.13 bits per heavy atom. The lowest BCUT2D eigenvalue weighted by Crippen LogP contribution is -2.47. The van der Waals surface area contributed by atoms with Gasteiger partial charge in [-0.1, -0.05) is 32.5 Å². The summed E-state index contributed by atoms with van der Waals surface area (Å²) in [5.41, 5.74) is 0.963. The molecule has 0 atom stereocenters. The first kappa shape index (κ1) is 23.6. The molecule has 31 heavy (non-hydrogen) atoms. The first-order valence-electron chi connectivity index (χ1n) is 11.0. The van der Waals surface area contributed by atoms with Crippen molar-refractivity contribution >= 4 is 23.5 Å². The summed E-state index contributed by atoms with van der Waals surface area (Å²) in [6.45, 7) is 15.8. The number of rotatable bonds is 7. The normalized spacial score (nSPS) is 15.4. The van der Waals surface area contributed by atoms with Crippen molar-refractivity contribution in [3.8, 4) is 0 Å². The van der Waals surface area contributed by atoms with Crippen LogP contribution in [0.1, 0.15) is 56.6 Å². The Balaban J connectivity index is 1.71. The molecule has 3 rings (SSSR count). The van der Waals surface area contributed by atoms with Gasteiger partial charge >= 0.3 is 0 Å². The number of likely N-dealkylation sites (N-methyl/N-ethyl adjacent to an activating group) is 1. The van der Waals surface area contributed by atoms with Gasteiger partial charge < -0.3 is 19.1 Å². The predicted octanol–water partition coefficient (Wildman–Crippen LogP) is 3.89. The minimum atomic E-state index is -0.0626. The van der Waals surface area contributed by atoms with E-state index in [9.17, 15) is 4.79 Å². The number of carbonyl (C=O) groups is 1. The van der Waals surface area contributed by atoms with Gasteiger partial charge in [-0.25, -0.2) is 9.97 Å². The van der Waals surface area contributed by atoms with Crippen molar-refractivity contribution in [2.24, 2.45) is 0 Å². The average molecular weight is 446 g/mol. The van der Waals surface area contributed by atoms with Crippen LogP contribution in [-0.4, -0.2) is 72.0 Å². The lowest BCUT2D eigenvalue weighted by atomic mass is 9.92. The molecule has 1 aliphatic rings. The summed E-state index contributed by atoms with van der Waals surface area (Å²) in [6.07, 6.45) is 0. The Hall–Kier alpha value is -2.06. The molecule has 0 aliphatic carbocycles. The van der Waals surface area contributed by atoms with Gasteiger partial charge in [0.1, 0.15) is 11.6 Å². The van der Waals surface area contributed by atoms with Crippen molar-refractivity contribution in [2.75, 3.05) is 51.2 Å². The highest BCUT2D eigenvalue weighted by molar-refractivity contribution is 7.98. The second-order valence-corrected chi connectivity index (χ2v) is 9.91. The van der Waals surface area contributed by atoms with E-state index in [0.717, 1.165) is 61.7 Å². The number of anilines is 1. The molecule has 2 aromatic rings. The molecule has 1 amide bonds. The molecule has 1 aliphatic heterocycles. The quantitative estimate of drug-likeness (QED) is 0.473. The van der Waals surface area contributed by atoms with Gasteiger partial charge in [0.2, 0.25) is 0 Å². The van der Waals surface area contributed by atoms with Crippen LogP contribution < -0.4 is 4.90 Å². The summed E-state index contributed by atoms with van der Waals surface area (Å²) >= 11 is 1.54. The maximum atomic E-state index is 12.7. The van der Waals surface area contributed by atoms with Crippen molar-refractivity contribution in [3.05, 3.63) is 35.4 Å². The molecule has 3 heterocycles. The van der Waals surface area contributed by atoms with Crippen molar-refractivity contribution in [3.63, 3.8) is 0 Å². The molecule has 0 unspecified atom stereocenters. The number of piperazine rings is 1. The molecule has 0 saturated carbocycles. The number of amides is 1. The summed E-state index contributed by atoms with van der Waals surface area (Å²) in [5.74, 6) is 2.68. The van der Waals surface area contributed by atoms with Gasteiger partial charge in [-0.2, -0.15) is 0 Å². The minimum absolute atomic E-state index is 0.0286. The summed E-state index contributed by atoms with van der Waals surface area (Å²) in [5, 5.41) is 0.734. The van der Waals surface area contributed by atoms with Crippen LogP contribution in [0, 0.1) is 0 Å². The highest BCUT2D eigenvalue weighted by Gasteiger charge is 2.23. The van der Waals surface area contributed by atoms with Gasteiger partial charge in [-0.15, -0.1) is 0 Å². The third kappa shape index (κ3) is 6.01. The Labute approximate surface area is 190 Å². The fourth-order valence-corrected chi connectivity index (χ4v) is 4.19. The van der Waals surface area contributed by atoms with E-state index in [4.69, 9.17) is 14.4 Å². The molecule has 8 heteroatoms. The van der Waals surface area contributed by atoms with E-state index in [1.54, 1.807) is 17.8 Å². The maximum absolute atomic E-state index is 12.7. The Kier molecular flexibility index (Phi) is 7.64. The summed E-state index contributed by atoms with van der Waals surface area (Å²) < 4.78 is 5.87. The van der Waals surface area contributed by atoms with E-state index in [-0.39, 0.29) is 11.3 Å². The van der Waals surface area contributed by atoms with E-state index in [1.807, 2.05) is 11.0 Å². The first-order chi connectivity index (χ1) is 14.7. The van der Waals surface area contributed by atoms with Crippen LogP contribution in [0.3, 0.4) is 0 Å². The number of hydrogen-bond donors (Lipinski definition) is 0. The molecule has 1 fully saturated rings. The minimum Gasteiger partial charge on any atom is -0.455 e. The van der Waals surface area contributed by atoms with E-state index in [0.29, 0.717) is 11.5 Å². The van der Waals surface area contributed by atoms with Crippen LogP contribution >= 0.6 is 11.8 Å². The lowest BCUT2D eigenvalue weighted by Gasteiger charge is -2.31. The van der Waals surface area contributed by atoms with Gasteiger partial charge in [0.05, 0.1) is 11.4 Å². The molecular formula is C23H35N5O2S. The zero-order chi connectivity index (χ0) is 22.6. The van der Waals surface area contributed by atoms with Crippen LogP contribution in [0.2, 0.25) is 0 Å². The highest BCUT2D eigenvalue weighted by atomic mass is 32.2. The number of furan rings is 1. The largest absolute Gasteiger partial charge is 0.455 e. The maximum Gasteiger partial charge on any atom is 0.289 e. The van der Waals surface area contributed by atoms with Gasteiger partial charge in [0.15, 0.2) is 10.9 Å². The molecule has 170 valence electrons. The van der Waals surface area contributed by atoms with Gasteiger partial charge in [-0.3, -0.25) is 4.79 Å². The predicted molar refractivity (Wildman–Crippen MR) is 126 cm³/mol. The van der Waals surface area contributed by atoms with Gasteiger partial charge in [0.25, 0.3) is 5.91 Å². The monoisotopic (exact) mass is 445 g/mol. The van der Waals surface area contributed by atoms with Crippen LogP contribution in [0.15, 0.2) is 27.8 Å². The molecule has 0 aromatic carbocycles. The number of aromatic nitrogens is 2. The van der Waals surface area contributed by atoms with Crippen molar-refractivity contribution in [1.29, 1.82) is 0 Å². The molecule has 0 radical (unpaired) electrons. The highest BCUT2D eigenvalue weighted by Crippen LogP contribution is 2.29. The molecule has 0 bridgehead atoms. The van der Waals surface area contributed by atoms with Gasteiger partial charge in [-0.05, 0) is 33.0 Å². The third-order valence-electron chi connectivity index (χ3n) is 5.55. The van der Waals surface area contributed by atoms with E-state index in [1.165, 1.54) is 0 Å². The number of thioether (sulfide) groups is 1. The van der Waals surface area contributed by atoms with Gasteiger partial charge in [0, 0.05) is 50.7 Å². The number of hydrogen-bond acceptors (Lipinski definition) is 7. The zero-order valence-electron chi connectivity index (χ0n) is 19.6. The van der Waals surface area contributed by atoms with Crippen LogP contribution in [0.25, 0.3) is 0 Å². The number of nitrogens with zero attached hydrogens (tertiary/aromatic N) is 5. The molecule has 2 aromatic heterocycles. The Morgan fingerprint density at radius 3 is 2.42 bits per heavy atom. The fourth-order valence-electron chi connectivity index (χ4n) is 3.44. The van der Waals surface area contributed by atoms with Crippen molar-refractivity contribution < 1.29 is 9.21 Å². The Bertz CT molecular complexity index is 880. The molecular weight excluding hydrogens is 410 g/mol. The van der Waals surface area contributed by atoms with Crippen molar-refractivity contribution in [2.45, 2.75) is 50.9 Å². The smallest absolute Gasteiger partial charge is 0.289 e. The van der Waals surface area contributed by atoms with Crippen molar-refractivity contribution in [1.82, 2.24) is 19.8 Å². The summed E-state index contributed by atoms with van der Waals surface area (Å²) in [6, 6.07) is 5.76. The summed E-state index contributed by atoms with van der Waals surface area (Å²) in [4.78, 5) is 28.6. The molecule has 0 N–H and O–H groups in total. The first-order valence-corrected chi connectivity index (χ1v) is 12.0. The number of carbonyl (C=O) groups excluding carboxylic acids is 1. The van der Waals surface area contributed by atoms with Crippen LogP contribution in [-0.2, 0) is 11.2 Å². The topological polar surface area (TPSA) is 65.7 Å².